The van der Waals surface area contributed by atoms with Crippen LogP contribution in [0.3, 0.4) is 0 Å². The molecule has 0 aliphatic carbocycles. The average molecular weight is 626 g/mol. The second-order valence-corrected chi connectivity index (χ2v) is 12.4. The van der Waals surface area contributed by atoms with E-state index in [0.717, 1.165) is 27.9 Å². The molecule has 3 nitrogen and oxygen atoms in total. The minimum Gasteiger partial charge on any atom is -0.309 e. The molecule has 0 N–H and O–H groups in total. The van der Waals surface area contributed by atoms with Gasteiger partial charge in [0.2, 0.25) is 0 Å². The first-order valence-corrected chi connectivity index (χ1v) is 16.5. The van der Waals surface area contributed by atoms with E-state index in [1.54, 1.807) is 0 Å². The third-order valence-corrected chi connectivity index (χ3v) is 9.36. The third kappa shape index (κ3) is 5.38. The molecule has 0 aliphatic heterocycles. The summed E-state index contributed by atoms with van der Waals surface area (Å²) in [6.45, 7) is 0. The van der Waals surface area contributed by atoms with E-state index in [2.05, 4.69) is 166 Å². The minimum atomic E-state index is 1.11. The summed E-state index contributed by atoms with van der Waals surface area (Å²) in [6.07, 6.45) is 7.47. The molecule has 0 radical (unpaired) electrons. The molecule has 0 fully saturated rings. The quantitative estimate of drug-likeness (QED) is 0.184. The topological polar surface area (TPSA) is 30.7 Å². The van der Waals surface area contributed by atoms with E-state index in [-0.39, 0.29) is 0 Å². The van der Waals surface area contributed by atoms with Crippen LogP contribution in [-0.4, -0.2) is 14.5 Å². The second kappa shape index (κ2) is 12.2. The van der Waals surface area contributed by atoms with Crippen molar-refractivity contribution in [2.75, 3.05) is 0 Å². The van der Waals surface area contributed by atoms with E-state index < -0.39 is 0 Å². The summed E-state index contributed by atoms with van der Waals surface area (Å²) in [5.74, 6) is 0. The van der Waals surface area contributed by atoms with Gasteiger partial charge in [-0.05, 0) is 93.0 Å². The summed E-state index contributed by atoms with van der Waals surface area (Å²) >= 11 is 0. The fourth-order valence-electron chi connectivity index (χ4n) is 6.93. The van der Waals surface area contributed by atoms with Crippen LogP contribution in [0.2, 0.25) is 0 Å². The monoisotopic (exact) mass is 625 g/mol. The van der Waals surface area contributed by atoms with Crippen molar-refractivity contribution < 1.29 is 0 Å². The van der Waals surface area contributed by atoms with Crippen molar-refractivity contribution in [3.8, 4) is 61.3 Å². The molecule has 0 aliphatic rings. The third-order valence-electron chi connectivity index (χ3n) is 9.36. The molecular formula is C46H31N3. The van der Waals surface area contributed by atoms with E-state index in [0.29, 0.717) is 0 Å². The molecule has 0 unspecified atom stereocenters. The molecular weight excluding hydrogens is 595 g/mol. The Balaban J connectivity index is 1.25. The molecule has 0 spiro atoms. The molecule has 3 heterocycles. The van der Waals surface area contributed by atoms with Crippen LogP contribution in [0.1, 0.15) is 0 Å². The van der Waals surface area contributed by atoms with Crippen LogP contribution in [0, 0.1) is 0 Å². The zero-order chi connectivity index (χ0) is 32.6. The highest BCUT2D eigenvalue weighted by molar-refractivity contribution is 6.11. The van der Waals surface area contributed by atoms with Crippen LogP contribution in [0.5, 0.6) is 0 Å². The SMILES string of the molecule is c1ccc(-c2cccc(-n3c4cc(-c5cccc(-c6cccnc6)c5)ccc4c4ccc(-c5cccc(-c6cccnc6)c5)cc43)c2)cc1. The number of hydrogen-bond acceptors (Lipinski definition) is 2. The predicted molar refractivity (Wildman–Crippen MR) is 204 cm³/mol. The number of hydrogen-bond donors (Lipinski definition) is 0. The van der Waals surface area contributed by atoms with Crippen LogP contribution in [0.4, 0.5) is 0 Å². The largest absolute Gasteiger partial charge is 0.309 e. The van der Waals surface area contributed by atoms with Gasteiger partial charge < -0.3 is 4.57 Å². The Labute approximate surface area is 285 Å². The van der Waals surface area contributed by atoms with Gasteiger partial charge in [0.05, 0.1) is 11.0 Å². The van der Waals surface area contributed by atoms with Gasteiger partial charge in [-0.25, -0.2) is 0 Å². The Morgan fingerprint density at radius 2 is 0.735 bits per heavy atom. The van der Waals surface area contributed by atoms with Crippen molar-refractivity contribution >= 4 is 21.8 Å². The summed E-state index contributed by atoms with van der Waals surface area (Å²) in [6, 6.07) is 58.9. The van der Waals surface area contributed by atoms with Crippen molar-refractivity contribution in [1.29, 1.82) is 0 Å². The van der Waals surface area contributed by atoms with Crippen LogP contribution in [0.15, 0.2) is 189 Å². The van der Waals surface area contributed by atoms with Gasteiger partial charge >= 0.3 is 0 Å². The number of pyridine rings is 2. The van der Waals surface area contributed by atoms with E-state index in [9.17, 15) is 0 Å². The zero-order valence-electron chi connectivity index (χ0n) is 26.7. The Hall–Kier alpha value is -6.58. The van der Waals surface area contributed by atoms with Crippen LogP contribution in [-0.2, 0) is 0 Å². The molecule has 0 amide bonds. The molecule has 0 saturated carbocycles. The number of aromatic nitrogens is 3. The molecule has 9 aromatic rings. The molecule has 49 heavy (non-hydrogen) atoms. The average Bonchev–Trinajstić information content (AvgIpc) is 3.52. The fraction of sp³-hybridized carbons (Fsp3) is 0. The van der Waals surface area contributed by atoms with Crippen LogP contribution >= 0.6 is 0 Å². The van der Waals surface area contributed by atoms with Gasteiger partial charge in [0, 0.05) is 52.4 Å². The molecule has 3 heteroatoms. The molecule has 9 rings (SSSR count). The van der Waals surface area contributed by atoms with Gasteiger partial charge in [-0.15, -0.1) is 0 Å². The van der Waals surface area contributed by atoms with E-state index in [1.807, 2.05) is 36.9 Å². The van der Waals surface area contributed by atoms with Crippen molar-refractivity contribution in [1.82, 2.24) is 14.5 Å². The zero-order valence-corrected chi connectivity index (χ0v) is 26.7. The molecule has 0 atom stereocenters. The molecule has 0 bridgehead atoms. The Morgan fingerprint density at radius 1 is 0.306 bits per heavy atom. The first-order valence-electron chi connectivity index (χ1n) is 16.5. The van der Waals surface area contributed by atoms with Gasteiger partial charge in [0.25, 0.3) is 0 Å². The smallest absolute Gasteiger partial charge is 0.0547 e. The maximum Gasteiger partial charge on any atom is 0.0547 e. The highest BCUT2D eigenvalue weighted by atomic mass is 15.0. The Morgan fingerprint density at radius 3 is 1.24 bits per heavy atom. The highest BCUT2D eigenvalue weighted by Crippen LogP contribution is 2.38. The molecule has 230 valence electrons. The fourth-order valence-corrected chi connectivity index (χ4v) is 6.93. The predicted octanol–water partition coefficient (Wildman–Crippen LogP) is 11.9. The van der Waals surface area contributed by atoms with E-state index in [1.165, 1.54) is 55.2 Å². The summed E-state index contributed by atoms with van der Waals surface area (Å²) in [7, 11) is 0. The Kier molecular flexibility index (Phi) is 7.14. The summed E-state index contributed by atoms with van der Waals surface area (Å²) in [5, 5.41) is 2.45. The van der Waals surface area contributed by atoms with Crippen LogP contribution in [0.25, 0.3) is 83.1 Å². The van der Waals surface area contributed by atoms with Crippen LogP contribution < -0.4 is 0 Å². The number of nitrogens with zero attached hydrogens (tertiary/aromatic N) is 3. The van der Waals surface area contributed by atoms with E-state index >= 15 is 0 Å². The maximum absolute atomic E-state index is 4.35. The summed E-state index contributed by atoms with van der Waals surface area (Å²) in [5.41, 5.74) is 15.1. The van der Waals surface area contributed by atoms with Gasteiger partial charge in [-0.1, -0.05) is 115 Å². The Bertz CT molecular complexity index is 2450. The lowest BCUT2D eigenvalue weighted by atomic mass is 9.98. The number of fused-ring (bicyclic) bond motifs is 3. The van der Waals surface area contributed by atoms with Gasteiger partial charge in [-0.2, -0.15) is 0 Å². The highest BCUT2D eigenvalue weighted by Gasteiger charge is 2.16. The van der Waals surface area contributed by atoms with Gasteiger partial charge in [0.15, 0.2) is 0 Å². The summed E-state index contributed by atoms with van der Waals surface area (Å²) in [4.78, 5) is 8.69. The number of benzene rings is 6. The lowest BCUT2D eigenvalue weighted by Gasteiger charge is -2.12. The standard InChI is InChI=1S/C46H31N3/c1-2-9-32(10-3-1)37-15-6-18-42(27-37)49-45-28-38(33-11-4-13-35(25-33)40-16-7-23-47-30-40)19-21-43(45)44-22-20-39(29-46(44)49)34-12-5-14-36(26-34)41-17-8-24-48-31-41/h1-31H. The second-order valence-electron chi connectivity index (χ2n) is 12.4. The van der Waals surface area contributed by atoms with Gasteiger partial charge in [0.1, 0.15) is 0 Å². The number of rotatable bonds is 6. The lowest BCUT2D eigenvalue weighted by Crippen LogP contribution is -1.95. The van der Waals surface area contributed by atoms with Crippen molar-refractivity contribution in [3.05, 3.63) is 189 Å². The first-order chi connectivity index (χ1) is 24.3. The van der Waals surface area contributed by atoms with Crippen molar-refractivity contribution in [2.45, 2.75) is 0 Å². The maximum atomic E-state index is 4.35. The summed E-state index contributed by atoms with van der Waals surface area (Å²) < 4.78 is 2.43. The van der Waals surface area contributed by atoms with E-state index in [4.69, 9.17) is 0 Å². The van der Waals surface area contributed by atoms with Crippen molar-refractivity contribution in [3.63, 3.8) is 0 Å². The minimum absolute atomic E-state index is 1.11. The molecule has 3 aromatic heterocycles. The van der Waals surface area contributed by atoms with Gasteiger partial charge in [-0.3, -0.25) is 9.97 Å². The first kappa shape index (κ1) is 28.6. The van der Waals surface area contributed by atoms with Crippen molar-refractivity contribution in [2.24, 2.45) is 0 Å². The lowest BCUT2D eigenvalue weighted by molar-refractivity contribution is 1.18. The molecule has 6 aromatic carbocycles. The molecule has 0 saturated heterocycles. The normalized spacial score (nSPS) is 11.3.